The van der Waals surface area contributed by atoms with E-state index < -0.39 is 18.2 Å². The second-order valence-corrected chi connectivity index (χ2v) is 5.16. The van der Waals surface area contributed by atoms with E-state index in [1.807, 2.05) is 0 Å². The molecule has 0 aromatic rings. The average molecular weight is 284 g/mol. The molecule has 0 radical (unpaired) electrons. The van der Waals surface area contributed by atoms with Crippen LogP contribution in [0.5, 0.6) is 0 Å². The number of aliphatic hydroxyl groups is 2. The van der Waals surface area contributed by atoms with Gasteiger partial charge in [-0.3, -0.25) is 4.79 Å². The zero-order valence-electron chi connectivity index (χ0n) is 12.5. The minimum absolute atomic E-state index is 0.240. The van der Waals surface area contributed by atoms with Crippen molar-refractivity contribution in [2.45, 2.75) is 83.3 Å². The summed E-state index contributed by atoms with van der Waals surface area (Å²) in [6.45, 7) is 2.06. The van der Waals surface area contributed by atoms with Crippen LogP contribution < -0.4 is 0 Å². The van der Waals surface area contributed by atoms with Crippen LogP contribution in [0.1, 0.15) is 71.1 Å². The lowest BCUT2D eigenvalue weighted by molar-refractivity contribution is -0.137. The van der Waals surface area contributed by atoms with Crippen molar-refractivity contribution < 1.29 is 20.1 Å². The lowest BCUT2D eigenvalue weighted by Gasteiger charge is -2.04. The Kier molecular flexibility index (Phi) is 12.3. The molecule has 4 nitrogen and oxygen atoms in total. The van der Waals surface area contributed by atoms with Gasteiger partial charge < -0.3 is 15.3 Å². The number of carboxylic acids is 1. The Labute approximate surface area is 122 Å². The molecule has 0 amide bonds. The van der Waals surface area contributed by atoms with Crippen molar-refractivity contribution in [3.05, 3.63) is 0 Å². The Bertz CT molecular complexity index is 303. The van der Waals surface area contributed by atoms with Crippen molar-refractivity contribution in [3.63, 3.8) is 0 Å². The van der Waals surface area contributed by atoms with Gasteiger partial charge in [0.05, 0.1) is 0 Å². The number of carboxylic acid groups (broad SMARTS) is 1. The van der Waals surface area contributed by atoms with Crippen molar-refractivity contribution in [2.24, 2.45) is 0 Å². The first kappa shape index (κ1) is 18.9. The zero-order chi connectivity index (χ0) is 15.2. The normalized spacial score (nSPS) is 13.3. The molecule has 0 unspecified atom stereocenters. The maximum absolute atomic E-state index is 10.3. The van der Waals surface area contributed by atoms with Gasteiger partial charge in [0.15, 0.2) is 0 Å². The van der Waals surface area contributed by atoms with Gasteiger partial charge in [0, 0.05) is 6.42 Å². The quantitative estimate of drug-likeness (QED) is 0.403. The molecule has 4 heteroatoms. The van der Waals surface area contributed by atoms with Gasteiger partial charge in [0.2, 0.25) is 0 Å². The maximum atomic E-state index is 10.3. The molecular formula is C16H28O4. The van der Waals surface area contributed by atoms with Crippen LogP contribution in [0.4, 0.5) is 0 Å². The van der Waals surface area contributed by atoms with Crippen LogP contribution in [0.15, 0.2) is 0 Å². The summed E-state index contributed by atoms with van der Waals surface area (Å²) in [7, 11) is 0. The molecule has 116 valence electrons. The molecule has 2 atom stereocenters. The smallest absolute Gasteiger partial charge is 0.303 e. The molecule has 0 aromatic heterocycles. The second kappa shape index (κ2) is 13.0. The van der Waals surface area contributed by atoms with E-state index >= 15 is 0 Å². The molecule has 0 aromatic carbocycles. The highest BCUT2D eigenvalue weighted by molar-refractivity contribution is 5.66. The van der Waals surface area contributed by atoms with Crippen molar-refractivity contribution >= 4 is 5.97 Å². The Morgan fingerprint density at radius 3 is 1.95 bits per heavy atom. The highest BCUT2D eigenvalue weighted by Gasteiger charge is 2.02. The number of carbonyl (C=O) groups is 1. The van der Waals surface area contributed by atoms with Gasteiger partial charge >= 0.3 is 5.97 Å². The summed E-state index contributed by atoms with van der Waals surface area (Å²) in [5.41, 5.74) is 0. The highest BCUT2D eigenvalue weighted by Crippen LogP contribution is 2.08. The van der Waals surface area contributed by atoms with Gasteiger partial charge in [-0.25, -0.2) is 0 Å². The number of hydrogen-bond donors (Lipinski definition) is 3. The minimum atomic E-state index is -0.739. The number of rotatable bonds is 11. The standard InChI is InChI=1S/C16H28O4/c1-2-3-9-14(17)12-13-15(18)10-7-5-4-6-8-11-16(19)20/h14-15,17-18H,2-11H2,1H3,(H,19,20)/t14-,15+/m1/s1. The Hall–Kier alpha value is -1.05. The molecule has 0 heterocycles. The summed E-state index contributed by atoms with van der Waals surface area (Å²) in [5.74, 6) is 4.63. The van der Waals surface area contributed by atoms with Gasteiger partial charge in [-0.1, -0.05) is 50.9 Å². The van der Waals surface area contributed by atoms with Crippen molar-refractivity contribution in [1.82, 2.24) is 0 Å². The predicted molar refractivity (Wildman–Crippen MR) is 79.3 cm³/mol. The lowest BCUT2D eigenvalue weighted by atomic mass is 10.1. The molecule has 0 spiro atoms. The SMILES string of the molecule is CCCC[C@@H](O)C#C[C@@H](O)CCCCCCCC(=O)O. The largest absolute Gasteiger partial charge is 0.481 e. The van der Waals surface area contributed by atoms with Crippen LogP contribution in [0.3, 0.4) is 0 Å². The molecule has 0 aliphatic carbocycles. The topological polar surface area (TPSA) is 77.8 Å². The fourth-order valence-corrected chi connectivity index (χ4v) is 1.88. The van der Waals surface area contributed by atoms with E-state index in [0.29, 0.717) is 12.8 Å². The zero-order valence-corrected chi connectivity index (χ0v) is 12.5. The summed E-state index contributed by atoms with van der Waals surface area (Å²) in [4.78, 5) is 10.3. The van der Waals surface area contributed by atoms with Crippen LogP contribution in [0, 0.1) is 11.8 Å². The number of aliphatic hydroxyl groups excluding tert-OH is 2. The van der Waals surface area contributed by atoms with Crippen molar-refractivity contribution in [1.29, 1.82) is 0 Å². The fraction of sp³-hybridized carbons (Fsp3) is 0.812. The summed E-state index contributed by atoms with van der Waals surface area (Å²) in [5, 5.41) is 27.6. The van der Waals surface area contributed by atoms with E-state index in [-0.39, 0.29) is 6.42 Å². The van der Waals surface area contributed by atoms with Gasteiger partial charge in [-0.15, -0.1) is 0 Å². The number of unbranched alkanes of at least 4 members (excludes halogenated alkanes) is 5. The predicted octanol–water partition coefficient (Wildman–Crippen LogP) is 2.72. The molecule has 0 saturated heterocycles. The molecular weight excluding hydrogens is 256 g/mol. The molecule has 0 saturated carbocycles. The number of aliphatic carboxylic acids is 1. The van der Waals surface area contributed by atoms with Crippen LogP contribution in [-0.4, -0.2) is 33.5 Å². The average Bonchev–Trinajstić information content (AvgIpc) is 2.41. The Balaban J connectivity index is 3.51. The molecule has 0 aliphatic rings. The molecule has 0 rings (SSSR count). The molecule has 0 bridgehead atoms. The second-order valence-electron chi connectivity index (χ2n) is 5.16. The van der Waals surface area contributed by atoms with E-state index in [4.69, 9.17) is 5.11 Å². The Morgan fingerprint density at radius 2 is 1.40 bits per heavy atom. The van der Waals surface area contributed by atoms with Gasteiger partial charge in [-0.05, 0) is 25.7 Å². The molecule has 3 N–H and O–H groups in total. The maximum Gasteiger partial charge on any atom is 0.303 e. The van der Waals surface area contributed by atoms with E-state index in [2.05, 4.69) is 18.8 Å². The summed E-state index contributed by atoms with van der Waals surface area (Å²) < 4.78 is 0. The van der Waals surface area contributed by atoms with Crippen LogP contribution in [-0.2, 0) is 4.79 Å². The van der Waals surface area contributed by atoms with Crippen molar-refractivity contribution in [2.75, 3.05) is 0 Å². The Morgan fingerprint density at radius 1 is 0.900 bits per heavy atom. The lowest BCUT2D eigenvalue weighted by Crippen LogP contribution is -2.07. The first-order valence-corrected chi connectivity index (χ1v) is 7.65. The third-order valence-corrected chi connectivity index (χ3v) is 3.12. The first-order valence-electron chi connectivity index (χ1n) is 7.65. The summed E-state index contributed by atoms with van der Waals surface area (Å²) in [6, 6.07) is 0. The fourth-order valence-electron chi connectivity index (χ4n) is 1.88. The van der Waals surface area contributed by atoms with E-state index in [9.17, 15) is 15.0 Å². The summed E-state index contributed by atoms with van der Waals surface area (Å²) >= 11 is 0. The third kappa shape index (κ3) is 13.4. The van der Waals surface area contributed by atoms with Crippen molar-refractivity contribution in [3.8, 4) is 11.8 Å². The van der Waals surface area contributed by atoms with E-state index in [0.717, 1.165) is 44.9 Å². The van der Waals surface area contributed by atoms with E-state index in [1.165, 1.54) is 0 Å². The van der Waals surface area contributed by atoms with Gasteiger partial charge in [-0.2, -0.15) is 0 Å². The highest BCUT2D eigenvalue weighted by atomic mass is 16.4. The monoisotopic (exact) mass is 284 g/mol. The van der Waals surface area contributed by atoms with Crippen LogP contribution in [0.2, 0.25) is 0 Å². The summed E-state index contributed by atoms with van der Waals surface area (Å²) in [6.07, 6.45) is 6.72. The third-order valence-electron chi connectivity index (χ3n) is 3.12. The van der Waals surface area contributed by atoms with Crippen LogP contribution in [0.25, 0.3) is 0 Å². The van der Waals surface area contributed by atoms with Gasteiger partial charge in [0.1, 0.15) is 12.2 Å². The molecule has 20 heavy (non-hydrogen) atoms. The first-order chi connectivity index (χ1) is 9.56. The minimum Gasteiger partial charge on any atom is -0.481 e. The van der Waals surface area contributed by atoms with Crippen LogP contribution >= 0.6 is 0 Å². The van der Waals surface area contributed by atoms with Gasteiger partial charge in [0.25, 0.3) is 0 Å². The number of hydrogen-bond acceptors (Lipinski definition) is 3. The molecule has 0 aliphatic heterocycles. The van der Waals surface area contributed by atoms with E-state index in [1.54, 1.807) is 0 Å². The molecule has 0 fully saturated rings.